The van der Waals surface area contributed by atoms with Gasteiger partial charge in [0, 0.05) is 5.56 Å². The Labute approximate surface area is 140 Å². The molecule has 1 N–H and O–H groups in total. The van der Waals surface area contributed by atoms with Crippen molar-refractivity contribution in [2.75, 3.05) is 18.6 Å². The lowest BCUT2D eigenvalue weighted by molar-refractivity contribution is 0.145. The first-order valence-electron chi connectivity index (χ1n) is 7.97. The summed E-state index contributed by atoms with van der Waals surface area (Å²) in [5.74, 6) is 0.398. The van der Waals surface area contributed by atoms with Crippen molar-refractivity contribution in [3.63, 3.8) is 0 Å². The highest BCUT2D eigenvalue weighted by Gasteiger charge is 2.38. The molecule has 0 amide bonds. The lowest BCUT2D eigenvalue weighted by atomic mass is 10.0. The molecule has 2 atom stereocenters. The van der Waals surface area contributed by atoms with Crippen molar-refractivity contribution >= 4 is 9.84 Å². The van der Waals surface area contributed by atoms with Crippen LogP contribution in [0.1, 0.15) is 23.6 Å². The molecule has 7 nitrogen and oxygen atoms in total. The maximum absolute atomic E-state index is 11.7. The summed E-state index contributed by atoms with van der Waals surface area (Å²) < 4.78 is 30.3. The molecule has 1 fully saturated rings. The van der Waals surface area contributed by atoms with Gasteiger partial charge in [0.15, 0.2) is 9.84 Å². The Bertz CT molecular complexity index is 891. The predicted molar refractivity (Wildman–Crippen MR) is 87.7 cm³/mol. The quantitative estimate of drug-likeness (QED) is 0.880. The number of ether oxygens (including phenoxy) is 1. The van der Waals surface area contributed by atoms with Gasteiger partial charge in [-0.15, -0.1) is 5.10 Å². The van der Waals surface area contributed by atoms with Crippen LogP contribution in [-0.2, 0) is 22.7 Å². The van der Waals surface area contributed by atoms with E-state index in [1.165, 1.54) is 15.8 Å². The van der Waals surface area contributed by atoms with Crippen molar-refractivity contribution < 1.29 is 18.3 Å². The fraction of sp³-hybridized carbons (Fsp3) is 0.500. The van der Waals surface area contributed by atoms with Crippen LogP contribution in [0.2, 0.25) is 0 Å². The zero-order valence-electron chi connectivity index (χ0n) is 13.3. The van der Waals surface area contributed by atoms with E-state index in [2.05, 4.69) is 16.4 Å². The van der Waals surface area contributed by atoms with E-state index in [-0.39, 0.29) is 11.5 Å². The van der Waals surface area contributed by atoms with Gasteiger partial charge >= 0.3 is 0 Å². The molecule has 1 aliphatic heterocycles. The molecule has 1 aromatic carbocycles. The van der Waals surface area contributed by atoms with Crippen molar-refractivity contribution in [3.05, 3.63) is 29.5 Å². The highest BCUT2D eigenvalue weighted by atomic mass is 32.2. The number of hydrogen-bond acceptors (Lipinski definition) is 6. The summed E-state index contributed by atoms with van der Waals surface area (Å²) in [6, 6.07) is 3.54. The average molecular weight is 349 g/mol. The second-order valence-electron chi connectivity index (χ2n) is 6.47. The Morgan fingerprint density at radius 3 is 2.67 bits per heavy atom. The van der Waals surface area contributed by atoms with Crippen LogP contribution in [0.25, 0.3) is 11.3 Å². The fourth-order valence-corrected chi connectivity index (χ4v) is 5.37. The maximum atomic E-state index is 11.7. The molecule has 0 unspecified atom stereocenters. The van der Waals surface area contributed by atoms with Gasteiger partial charge in [-0.1, -0.05) is 5.21 Å². The number of rotatable bonds is 3. The number of aliphatic hydroxyl groups is 1. The Kier molecular flexibility index (Phi) is 3.61. The second kappa shape index (κ2) is 5.56. The Balaban J connectivity index is 1.71. The first-order valence-corrected chi connectivity index (χ1v) is 9.79. The molecule has 0 radical (unpaired) electrons. The second-order valence-corrected chi connectivity index (χ2v) is 8.62. The topological polar surface area (TPSA) is 94.3 Å². The Hall–Kier alpha value is -1.93. The molecule has 0 saturated carbocycles. The predicted octanol–water partition coefficient (Wildman–Crippen LogP) is 0.773. The minimum atomic E-state index is -3.23. The van der Waals surface area contributed by atoms with Gasteiger partial charge in [-0.25, -0.2) is 13.1 Å². The highest BCUT2D eigenvalue weighted by molar-refractivity contribution is 7.91. The summed E-state index contributed by atoms with van der Waals surface area (Å²) in [6.45, 7) is 0. The van der Waals surface area contributed by atoms with Crippen LogP contribution in [0.3, 0.4) is 0 Å². The van der Waals surface area contributed by atoms with Crippen LogP contribution in [0.15, 0.2) is 18.3 Å². The number of aliphatic hydroxyl groups excluding tert-OH is 1. The molecule has 0 spiro atoms. The van der Waals surface area contributed by atoms with Crippen molar-refractivity contribution in [3.8, 4) is 17.0 Å². The molecule has 1 aromatic heterocycles. The molecule has 2 aromatic rings. The standard InChI is InChI=1S/C16H19N3O4S/c1-23-16-6-11-4-2-3-10(11)5-12(16)13-7-19(18-17-13)14-8-24(21,22)9-15(14)20/h5-7,14-15,20H,2-4,8-9H2,1H3/t14-,15-/m0/s1. The third-order valence-corrected chi connectivity index (χ3v) is 6.53. The Morgan fingerprint density at radius 2 is 2.00 bits per heavy atom. The number of fused-ring (bicyclic) bond motifs is 1. The smallest absolute Gasteiger partial charge is 0.155 e. The molecule has 24 heavy (non-hydrogen) atoms. The molecule has 1 aliphatic carbocycles. The SMILES string of the molecule is COc1cc2c(cc1-c1cn([C@H]3CS(=O)(=O)C[C@@H]3O)nn1)CCC2. The van der Waals surface area contributed by atoms with Gasteiger partial charge in [-0.05, 0) is 42.5 Å². The summed E-state index contributed by atoms with van der Waals surface area (Å²) in [5.41, 5.74) is 4.07. The maximum Gasteiger partial charge on any atom is 0.155 e. The van der Waals surface area contributed by atoms with Crippen molar-refractivity contribution in [2.45, 2.75) is 31.4 Å². The number of aryl methyl sites for hydroxylation is 2. The largest absolute Gasteiger partial charge is 0.496 e. The van der Waals surface area contributed by atoms with E-state index >= 15 is 0 Å². The lowest BCUT2D eigenvalue weighted by Gasteiger charge is -2.12. The number of sulfone groups is 1. The number of aromatic nitrogens is 3. The summed E-state index contributed by atoms with van der Waals surface area (Å²) in [4.78, 5) is 0. The van der Waals surface area contributed by atoms with Gasteiger partial charge in [-0.2, -0.15) is 0 Å². The van der Waals surface area contributed by atoms with Gasteiger partial charge in [0.2, 0.25) is 0 Å². The van der Waals surface area contributed by atoms with E-state index in [1.807, 2.05) is 6.07 Å². The normalized spacial score (nSPS) is 24.9. The van der Waals surface area contributed by atoms with Gasteiger partial charge in [0.1, 0.15) is 11.4 Å². The van der Waals surface area contributed by atoms with Gasteiger partial charge in [0.25, 0.3) is 0 Å². The van der Waals surface area contributed by atoms with E-state index in [9.17, 15) is 13.5 Å². The zero-order chi connectivity index (χ0) is 16.9. The van der Waals surface area contributed by atoms with Crippen LogP contribution >= 0.6 is 0 Å². The fourth-order valence-electron chi connectivity index (χ4n) is 3.60. The molecule has 1 saturated heterocycles. The van der Waals surface area contributed by atoms with Crippen LogP contribution in [0.4, 0.5) is 0 Å². The summed E-state index contributed by atoms with van der Waals surface area (Å²) in [7, 11) is -1.61. The molecular weight excluding hydrogens is 330 g/mol. The van der Waals surface area contributed by atoms with Crippen LogP contribution < -0.4 is 4.74 Å². The lowest BCUT2D eigenvalue weighted by Crippen LogP contribution is -2.22. The van der Waals surface area contributed by atoms with Crippen LogP contribution in [0.5, 0.6) is 5.75 Å². The third-order valence-electron chi connectivity index (χ3n) is 4.83. The third kappa shape index (κ3) is 2.59. The zero-order valence-corrected chi connectivity index (χ0v) is 14.2. The molecule has 128 valence electrons. The molecule has 4 rings (SSSR count). The number of benzene rings is 1. The van der Waals surface area contributed by atoms with Crippen LogP contribution in [-0.4, -0.2) is 53.2 Å². The van der Waals surface area contributed by atoms with Gasteiger partial charge in [0.05, 0.1) is 37.0 Å². The monoisotopic (exact) mass is 349 g/mol. The van der Waals surface area contributed by atoms with E-state index in [0.29, 0.717) is 5.69 Å². The number of hydrogen-bond donors (Lipinski definition) is 1. The molecular formula is C16H19N3O4S. The molecule has 2 aliphatic rings. The first-order chi connectivity index (χ1) is 11.5. The number of nitrogens with zero attached hydrogens (tertiary/aromatic N) is 3. The van der Waals surface area contributed by atoms with E-state index in [4.69, 9.17) is 4.74 Å². The van der Waals surface area contributed by atoms with Crippen molar-refractivity contribution in [2.24, 2.45) is 0 Å². The highest BCUT2D eigenvalue weighted by Crippen LogP contribution is 2.36. The minimum absolute atomic E-state index is 0.113. The summed E-state index contributed by atoms with van der Waals surface area (Å²) >= 11 is 0. The molecule has 8 heteroatoms. The summed E-state index contributed by atoms with van der Waals surface area (Å²) in [6.07, 6.45) is 3.98. The van der Waals surface area contributed by atoms with Gasteiger partial charge in [-0.3, -0.25) is 0 Å². The summed E-state index contributed by atoms with van der Waals surface area (Å²) in [5, 5.41) is 18.2. The molecule has 0 bridgehead atoms. The Morgan fingerprint density at radius 1 is 1.25 bits per heavy atom. The van der Waals surface area contributed by atoms with Crippen molar-refractivity contribution in [1.82, 2.24) is 15.0 Å². The van der Waals surface area contributed by atoms with Gasteiger partial charge < -0.3 is 9.84 Å². The van der Waals surface area contributed by atoms with E-state index in [1.54, 1.807) is 13.3 Å². The van der Waals surface area contributed by atoms with Crippen LogP contribution in [0, 0.1) is 0 Å². The molecule has 2 heterocycles. The first kappa shape index (κ1) is 15.6. The van der Waals surface area contributed by atoms with E-state index in [0.717, 1.165) is 30.6 Å². The van der Waals surface area contributed by atoms with Crippen molar-refractivity contribution in [1.29, 1.82) is 0 Å². The van der Waals surface area contributed by atoms with E-state index < -0.39 is 22.0 Å². The average Bonchev–Trinajstić information content (AvgIpc) is 3.23. The number of methoxy groups -OCH3 is 1. The minimum Gasteiger partial charge on any atom is -0.496 e.